The zero-order valence-corrected chi connectivity index (χ0v) is 14.3. The molecule has 114 valence electrons. The average Bonchev–Trinajstić information content (AvgIpc) is 3.23. The van der Waals surface area contributed by atoms with E-state index in [0.717, 1.165) is 28.6 Å². The van der Waals surface area contributed by atoms with Gasteiger partial charge in [0.05, 0.1) is 11.2 Å². The van der Waals surface area contributed by atoms with Crippen LogP contribution < -0.4 is 10.6 Å². The maximum Gasteiger partial charge on any atom is 0.319 e. The Labute approximate surface area is 139 Å². The van der Waals surface area contributed by atoms with Crippen LogP contribution in [0.5, 0.6) is 0 Å². The first-order valence-corrected chi connectivity index (χ1v) is 8.20. The molecule has 2 aromatic carbocycles. The van der Waals surface area contributed by atoms with Crippen molar-refractivity contribution in [2.75, 3.05) is 5.32 Å². The summed E-state index contributed by atoms with van der Waals surface area (Å²) in [5, 5.41) is 6.04. The minimum absolute atomic E-state index is 0.164. The molecule has 0 aromatic heterocycles. The van der Waals surface area contributed by atoms with Gasteiger partial charge < -0.3 is 10.6 Å². The first-order valence-electron chi connectivity index (χ1n) is 7.41. The van der Waals surface area contributed by atoms with Gasteiger partial charge >= 0.3 is 6.03 Å². The summed E-state index contributed by atoms with van der Waals surface area (Å²) in [7, 11) is 0. The molecule has 3 rings (SSSR count). The van der Waals surface area contributed by atoms with Crippen molar-refractivity contribution in [1.29, 1.82) is 0 Å². The standard InChI is InChI=1S/C18H19BrN2O/c1-12-3-6-14(7-4-12)18(9-10-18)21-17(22)20-16-8-5-13(2)11-15(16)19/h3-8,11H,9-10H2,1-2H3,(H2,20,21,22). The van der Waals surface area contributed by atoms with Crippen LogP contribution in [0.3, 0.4) is 0 Å². The number of benzene rings is 2. The summed E-state index contributed by atoms with van der Waals surface area (Å²) >= 11 is 3.48. The van der Waals surface area contributed by atoms with Crippen molar-refractivity contribution in [3.8, 4) is 0 Å². The smallest absolute Gasteiger partial charge is 0.319 e. The van der Waals surface area contributed by atoms with Crippen LogP contribution in [0.4, 0.5) is 10.5 Å². The van der Waals surface area contributed by atoms with E-state index in [0.29, 0.717) is 0 Å². The summed E-state index contributed by atoms with van der Waals surface area (Å²) in [6.45, 7) is 4.09. The highest BCUT2D eigenvalue weighted by molar-refractivity contribution is 9.10. The molecule has 0 saturated heterocycles. The molecule has 0 atom stereocenters. The lowest BCUT2D eigenvalue weighted by Gasteiger charge is -2.19. The molecular formula is C18H19BrN2O. The molecule has 2 amide bonds. The summed E-state index contributed by atoms with van der Waals surface area (Å²) in [6, 6.07) is 14.1. The van der Waals surface area contributed by atoms with Gasteiger partial charge in [-0.15, -0.1) is 0 Å². The quantitative estimate of drug-likeness (QED) is 0.806. The Bertz CT molecular complexity index is 706. The lowest BCUT2D eigenvalue weighted by Crippen LogP contribution is -2.38. The van der Waals surface area contributed by atoms with Crippen LogP contribution in [0.15, 0.2) is 46.9 Å². The first kappa shape index (κ1) is 15.1. The fraction of sp³-hybridized carbons (Fsp3) is 0.278. The predicted octanol–water partition coefficient (Wildman–Crippen LogP) is 4.88. The van der Waals surface area contributed by atoms with Gasteiger partial charge in [-0.2, -0.15) is 0 Å². The first-order chi connectivity index (χ1) is 10.5. The third-order valence-electron chi connectivity index (χ3n) is 4.08. The molecule has 1 saturated carbocycles. The van der Waals surface area contributed by atoms with Gasteiger partial charge in [-0.25, -0.2) is 4.79 Å². The number of aryl methyl sites for hydroxylation is 2. The highest BCUT2D eigenvalue weighted by atomic mass is 79.9. The van der Waals surface area contributed by atoms with Gasteiger partial charge in [-0.1, -0.05) is 35.9 Å². The maximum absolute atomic E-state index is 12.3. The number of rotatable bonds is 3. The zero-order valence-electron chi connectivity index (χ0n) is 12.7. The number of urea groups is 1. The molecule has 0 bridgehead atoms. The summed E-state index contributed by atoms with van der Waals surface area (Å²) in [5.41, 5.74) is 4.14. The Hall–Kier alpha value is -1.81. The molecule has 0 radical (unpaired) electrons. The van der Waals surface area contributed by atoms with E-state index in [1.165, 1.54) is 11.1 Å². The monoisotopic (exact) mass is 358 g/mol. The third kappa shape index (κ3) is 3.17. The Kier molecular flexibility index (Phi) is 3.96. The number of nitrogens with one attached hydrogen (secondary N) is 2. The topological polar surface area (TPSA) is 41.1 Å². The lowest BCUT2D eigenvalue weighted by molar-refractivity contribution is 0.247. The van der Waals surface area contributed by atoms with Gasteiger partial charge in [0, 0.05) is 4.47 Å². The molecule has 1 aliphatic rings. The summed E-state index contributed by atoms with van der Waals surface area (Å²) in [5.74, 6) is 0. The third-order valence-corrected chi connectivity index (χ3v) is 4.74. The molecule has 1 fully saturated rings. The van der Waals surface area contributed by atoms with Crippen molar-refractivity contribution in [3.05, 3.63) is 63.6 Å². The van der Waals surface area contributed by atoms with Gasteiger partial charge in [0.1, 0.15) is 0 Å². The van der Waals surface area contributed by atoms with Crippen molar-refractivity contribution in [3.63, 3.8) is 0 Å². The van der Waals surface area contributed by atoms with Gasteiger partial charge in [0.15, 0.2) is 0 Å². The van der Waals surface area contributed by atoms with E-state index < -0.39 is 0 Å². The van der Waals surface area contributed by atoms with E-state index in [2.05, 4.69) is 57.8 Å². The van der Waals surface area contributed by atoms with Crippen LogP contribution >= 0.6 is 15.9 Å². The average molecular weight is 359 g/mol. The highest BCUT2D eigenvalue weighted by Crippen LogP contribution is 2.45. The van der Waals surface area contributed by atoms with Crippen LogP contribution in [0.2, 0.25) is 0 Å². The minimum atomic E-state index is -0.199. The summed E-state index contributed by atoms with van der Waals surface area (Å²) in [4.78, 5) is 12.3. The van der Waals surface area contributed by atoms with E-state index in [9.17, 15) is 4.79 Å². The molecule has 0 heterocycles. The molecular weight excluding hydrogens is 340 g/mol. The van der Waals surface area contributed by atoms with Crippen molar-refractivity contribution in [1.82, 2.24) is 5.32 Å². The van der Waals surface area contributed by atoms with Crippen molar-refractivity contribution < 1.29 is 4.79 Å². The molecule has 2 aromatic rings. The number of hydrogen-bond donors (Lipinski definition) is 2. The molecule has 1 aliphatic carbocycles. The van der Waals surface area contributed by atoms with E-state index in [-0.39, 0.29) is 11.6 Å². The number of amides is 2. The number of hydrogen-bond acceptors (Lipinski definition) is 1. The molecule has 4 heteroatoms. The van der Waals surface area contributed by atoms with Crippen LogP contribution in [-0.2, 0) is 5.54 Å². The van der Waals surface area contributed by atoms with Crippen LogP contribution in [-0.4, -0.2) is 6.03 Å². The second-order valence-corrected chi connectivity index (χ2v) is 6.86. The van der Waals surface area contributed by atoms with Crippen LogP contribution in [0.1, 0.15) is 29.5 Å². The maximum atomic E-state index is 12.3. The van der Waals surface area contributed by atoms with Gasteiger partial charge in [-0.05, 0) is 65.9 Å². The molecule has 0 unspecified atom stereocenters. The van der Waals surface area contributed by atoms with Gasteiger partial charge in [-0.3, -0.25) is 0 Å². The van der Waals surface area contributed by atoms with E-state index in [4.69, 9.17) is 0 Å². The van der Waals surface area contributed by atoms with Gasteiger partial charge in [0.25, 0.3) is 0 Å². The van der Waals surface area contributed by atoms with Crippen LogP contribution in [0.25, 0.3) is 0 Å². The molecule has 0 aliphatic heterocycles. The van der Waals surface area contributed by atoms with Crippen molar-refractivity contribution >= 4 is 27.6 Å². The van der Waals surface area contributed by atoms with E-state index in [1.807, 2.05) is 25.1 Å². The number of anilines is 1. The minimum Gasteiger partial charge on any atom is -0.328 e. The van der Waals surface area contributed by atoms with Crippen LogP contribution in [0, 0.1) is 13.8 Å². The normalized spacial score (nSPS) is 15.2. The lowest BCUT2D eigenvalue weighted by atomic mass is 10.0. The number of carbonyl (C=O) groups is 1. The molecule has 3 nitrogen and oxygen atoms in total. The molecule has 2 N–H and O–H groups in total. The Morgan fingerprint density at radius 2 is 1.68 bits per heavy atom. The summed E-state index contributed by atoms with van der Waals surface area (Å²) in [6.07, 6.45) is 1.97. The summed E-state index contributed by atoms with van der Waals surface area (Å²) < 4.78 is 0.892. The van der Waals surface area contributed by atoms with Crippen molar-refractivity contribution in [2.45, 2.75) is 32.2 Å². The largest absolute Gasteiger partial charge is 0.328 e. The number of carbonyl (C=O) groups excluding carboxylic acids is 1. The fourth-order valence-electron chi connectivity index (χ4n) is 2.58. The predicted molar refractivity (Wildman–Crippen MR) is 93.1 cm³/mol. The zero-order chi connectivity index (χ0) is 15.7. The van der Waals surface area contributed by atoms with E-state index in [1.54, 1.807) is 0 Å². The SMILES string of the molecule is Cc1ccc(C2(NC(=O)Nc3ccc(C)cc3Br)CC2)cc1. The second kappa shape index (κ2) is 5.76. The molecule has 0 spiro atoms. The van der Waals surface area contributed by atoms with E-state index >= 15 is 0 Å². The Balaban J connectivity index is 1.70. The van der Waals surface area contributed by atoms with Gasteiger partial charge in [0.2, 0.25) is 0 Å². The Morgan fingerprint density at radius 3 is 2.27 bits per heavy atom. The second-order valence-electron chi connectivity index (χ2n) is 6.01. The van der Waals surface area contributed by atoms with Crippen molar-refractivity contribution in [2.24, 2.45) is 0 Å². The molecule has 22 heavy (non-hydrogen) atoms. The highest BCUT2D eigenvalue weighted by Gasteiger charge is 2.45. The fourth-order valence-corrected chi connectivity index (χ4v) is 3.17. The Morgan fingerprint density at radius 1 is 1.05 bits per heavy atom. The number of halogens is 1.